The highest BCUT2D eigenvalue weighted by molar-refractivity contribution is 9.10. The molecule has 0 atom stereocenters. The van der Waals surface area contributed by atoms with E-state index in [1.54, 1.807) is 17.1 Å². The first-order valence-corrected chi connectivity index (χ1v) is 8.55. The molecule has 0 aliphatic heterocycles. The van der Waals surface area contributed by atoms with Gasteiger partial charge in [0.25, 0.3) is 5.91 Å². The summed E-state index contributed by atoms with van der Waals surface area (Å²) in [6.07, 6.45) is 4.14. The number of rotatable bonds is 5. The number of hydrogen-bond acceptors (Lipinski definition) is 2. The lowest BCUT2D eigenvalue weighted by molar-refractivity contribution is 0.0954. The van der Waals surface area contributed by atoms with Gasteiger partial charge in [-0.05, 0) is 43.2 Å². The third kappa shape index (κ3) is 4.11. The summed E-state index contributed by atoms with van der Waals surface area (Å²) in [6.45, 7) is 2.67. The number of aryl methyl sites for hydroxylation is 1. The number of carbonyl (C=O) groups is 1. The summed E-state index contributed by atoms with van der Waals surface area (Å²) in [5, 5.41) is 7.20. The SMILES string of the molecule is Cc1cccc(CCNC(=O)c2cnn(-c3ccc(Br)cc3)c2)c1. The predicted octanol–water partition coefficient (Wildman–Crippen LogP) is 3.92. The average molecular weight is 384 g/mol. The largest absolute Gasteiger partial charge is 0.352 e. The molecule has 0 saturated heterocycles. The molecular weight excluding hydrogens is 366 g/mol. The molecule has 0 bridgehead atoms. The number of benzene rings is 2. The molecule has 0 saturated carbocycles. The number of halogens is 1. The van der Waals surface area contributed by atoms with Gasteiger partial charge in [0.1, 0.15) is 0 Å². The first-order valence-electron chi connectivity index (χ1n) is 7.76. The zero-order valence-electron chi connectivity index (χ0n) is 13.4. The molecule has 1 amide bonds. The van der Waals surface area contributed by atoms with Crippen LogP contribution in [-0.2, 0) is 6.42 Å². The first kappa shape index (κ1) is 16.5. The zero-order chi connectivity index (χ0) is 16.9. The highest BCUT2D eigenvalue weighted by atomic mass is 79.9. The van der Waals surface area contributed by atoms with Crippen molar-refractivity contribution in [1.82, 2.24) is 15.1 Å². The summed E-state index contributed by atoms with van der Waals surface area (Å²) in [4.78, 5) is 12.2. The Morgan fingerprint density at radius 1 is 1.21 bits per heavy atom. The van der Waals surface area contributed by atoms with E-state index >= 15 is 0 Å². The molecule has 1 aromatic heterocycles. The van der Waals surface area contributed by atoms with Crippen LogP contribution in [0.1, 0.15) is 21.5 Å². The maximum Gasteiger partial charge on any atom is 0.254 e. The van der Waals surface area contributed by atoms with E-state index < -0.39 is 0 Å². The second kappa shape index (κ2) is 7.45. The third-order valence-corrected chi connectivity index (χ3v) is 4.25. The molecule has 0 aliphatic carbocycles. The van der Waals surface area contributed by atoms with Crippen LogP contribution in [0.2, 0.25) is 0 Å². The van der Waals surface area contributed by atoms with Crippen LogP contribution in [0.3, 0.4) is 0 Å². The molecule has 0 unspecified atom stereocenters. The monoisotopic (exact) mass is 383 g/mol. The minimum Gasteiger partial charge on any atom is -0.352 e. The van der Waals surface area contributed by atoms with Crippen LogP contribution in [0.15, 0.2) is 65.4 Å². The molecule has 3 aromatic rings. The van der Waals surface area contributed by atoms with Crippen LogP contribution in [-0.4, -0.2) is 22.2 Å². The maximum absolute atomic E-state index is 12.2. The number of hydrogen-bond donors (Lipinski definition) is 1. The van der Waals surface area contributed by atoms with Crippen molar-refractivity contribution in [2.75, 3.05) is 6.54 Å². The van der Waals surface area contributed by atoms with E-state index in [4.69, 9.17) is 0 Å². The van der Waals surface area contributed by atoms with Crippen molar-refractivity contribution in [2.24, 2.45) is 0 Å². The van der Waals surface area contributed by atoms with Gasteiger partial charge < -0.3 is 5.32 Å². The Morgan fingerprint density at radius 3 is 2.75 bits per heavy atom. The van der Waals surface area contributed by atoms with E-state index in [0.29, 0.717) is 12.1 Å². The average Bonchev–Trinajstić information content (AvgIpc) is 3.05. The molecular formula is C19H18BrN3O. The molecule has 24 heavy (non-hydrogen) atoms. The Morgan fingerprint density at radius 2 is 2.00 bits per heavy atom. The highest BCUT2D eigenvalue weighted by Crippen LogP contribution is 2.14. The molecule has 3 rings (SSSR count). The Bertz CT molecular complexity index is 840. The van der Waals surface area contributed by atoms with Crippen LogP contribution in [0.5, 0.6) is 0 Å². The van der Waals surface area contributed by atoms with Crippen molar-refractivity contribution in [1.29, 1.82) is 0 Å². The first-order chi connectivity index (χ1) is 11.6. The van der Waals surface area contributed by atoms with Crippen molar-refractivity contribution in [2.45, 2.75) is 13.3 Å². The van der Waals surface area contributed by atoms with E-state index in [1.165, 1.54) is 11.1 Å². The van der Waals surface area contributed by atoms with E-state index in [2.05, 4.69) is 51.5 Å². The number of carbonyl (C=O) groups excluding carboxylic acids is 1. The van der Waals surface area contributed by atoms with E-state index in [9.17, 15) is 4.79 Å². The molecule has 2 aromatic carbocycles. The molecule has 0 radical (unpaired) electrons. The van der Waals surface area contributed by atoms with Gasteiger partial charge in [-0.1, -0.05) is 45.8 Å². The molecule has 0 fully saturated rings. The fraction of sp³-hybridized carbons (Fsp3) is 0.158. The Kier molecular flexibility index (Phi) is 5.11. The smallest absolute Gasteiger partial charge is 0.254 e. The molecule has 0 aliphatic rings. The van der Waals surface area contributed by atoms with E-state index in [1.807, 2.05) is 30.3 Å². The normalized spacial score (nSPS) is 10.6. The summed E-state index contributed by atoms with van der Waals surface area (Å²) >= 11 is 3.40. The summed E-state index contributed by atoms with van der Waals surface area (Å²) < 4.78 is 2.70. The Labute approximate surface area is 149 Å². The summed E-state index contributed by atoms with van der Waals surface area (Å²) in [6, 6.07) is 16.1. The van der Waals surface area contributed by atoms with Gasteiger partial charge in [-0.3, -0.25) is 4.79 Å². The van der Waals surface area contributed by atoms with Gasteiger partial charge in [-0.15, -0.1) is 0 Å². The van der Waals surface area contributed by atoms with Crippen LogP contribution in [0, 0.1) is 6.92 Å². The molecule has 0 spiro atoms. The fourth-order valence-electron chi connectivity index (χ4n) is 2.47. The molecule has 1 N–H and O–H groups in total. The van der Waals surface area contributed by atoms with E-state index in [0.717, 1.165) is 16.6 Å². The number of amides is 1. The van der Waals surface area contributed by atoms with Crippen molar-refractivity contribution in [3.8, 4) is 5.69 Å². The predicted molar refractivity (Wildman–Crippen MR) is 98.5 cm³/mol. The summed E-state index contributed by atoms with van der Waals surface area (Å²) in [5.74, 6) is -0.106. The fourth-order valence-corrected chi connectivity index (χ4v) is 2.73. The minimum absolute atomic E-state index is 0.106. The topological polar surface area (TPSA) is 46.9 Å². The summed E-state index contributed by atoms with van der Waals surface area (Å²) in [5.41, 5.74) is 3.93. The van der Waals surface area contributed by atoms with Crippen molar-refractivity contribution in [3.63, 3.8) is 0 Å². The van der Waals surface area contributed by atoms with Gasteiger partial charge in [-0.2, -0.15) is 5.10 Å². The molecule has 122 valence electrons. The second-order valence-corrected chi connectivity index (χ2v) is 6.56. The maximum atomic E-state index is 12.2. The molecule has 5 heteroatoms. The van der Waals surface area contributed by atoms with Crippen LogP contribution in [0.25, 0.3) is 5.69 Å². The lowest BCUT2D eigenvalue weighted by atomic mass is 10.1. The van der Waals surface area contributed by atoms with Gasteiger partial charge in [-0.25, -0.2) is 4.68 Å². The Hall–Kier alpha value is -2.40. The Balaban J connectivity index is 1.58. The zero-order valence-corrected chi connectivity index (χ0v) is 15.0. The van der Waals surface area contributed by atoms with Gasteiger partial charge in [0, 0.05) is 17.2 Å². The highest BCUT2D eigenvalue weighted by Gasteiger charge is 2.09. The number of nitrogens with zero attached hydrogens (tertiary/aromatic N) is 2. The van der Waals surface area contributed by atoms with Gasteiger partial charge >= 0.3 is 0 Å². The van der Waals surface area contributed by atoms with Crippen molar-refractivity contribution < 1.29 is 4.79 Å². The van der Waals surface area contributed by atoms with Crippen molar-refractivity contribution >= 4 is 21.8 Å². The van der Waals surface area contributed by atoms with Gasteiger partial charge in [0.2, 0.25) is 0 Å². The number of aromatic nitrogens is 2. The standard InChI is InChI=1S/C19H18BrN3O/c1-14-3-2-4-15(11-14)9-10-21-19(24)16-12-22-23(13-16)18-7-5-17(20)6-8-18/h2-8,11-13H,9-10H2,1H3,(H,21,24). The van der Waals surface area contributed by atoms with Gasteiger partial charge in [0.15, 0.2) is 0 Å². The van der Waals surface area contributed by atoms with Crippen LogP contribution < -0.4 is 5.32 Å². The second-order valence-electron chi connectivity index (χ2n) is 5.64. The molecule has 4 nitrogen and oxygen atoms in total. The van der Waals surface area contributed by atoms with Gasteiger partial charge in [0.05, 0.1) is 17.4 Å². The number of nitrogens with one attached hydrogen (secondary N) is 1. The lowest BCUT2D eigenvalue weighted by Crippen LogP contribution is -2.25. The van der Waals surface area contributed by atoms with E-state index in [-0.39, 0.29) is 5.91 Å². The summed E-state index contributed by atoms with van der Waals surface area (Å²) in [7, 11) is 0. The third-order valence-electron chi connectivity index (χ3n) is 3.72. The van der Waals surface area contributed by atoms with Crippen molar-refractivity contribution in [3.05, 3.63) is 82.1 Å². The minimum atomic E-state index is -0.106. The quantitative estimate of drug-likeness (QED) is 0.725. The van der Waals surface area contributed by atoms with Crippen LogP contribution in [0.4, 0.5) is 0 Å². The van der Waals surface area contributed by atoms with Crippen LogP contribution >= 0.6 is 15.9 Å². The molecule has 1 heterocycles. The lowest BCUT2D eigenvalue weighted by Gasteiger charge is -2.05.